The molecule has 6 heteroatoms. The molecule has 0 amide bonds. The van der Waals surface area contributed by atoms with Gasteiger partial charge in [0.25, 0.3) is 0 Å². The van der Waals surface area contributed by atoms with E-state index < -0.39 is 5.41 Å². The van der Waals surface area contributed by atoms with Gasteiger partial charge in [0.05, 0.1) is 24.8 Å². The minimum Gasteiger partial charge on any atom is -0.399 e. The number of hydrogen-bond acceptors (Lipinski definition) is 5. The van der Waals surface area contributed by atoms with Crippen LogP contribution in [0.2, 0.25) is 5.02 Å². The van der Waals surface area contributed by atoms with Gasteiger partial charge in [0.1, 0.15) is 0 Å². The van der Waals surface area contributed by atoms with Crippen LogP contribution in [0.15, 0.2) is 42.5 Å². The highest BCUT2D eigenvalue weighted by Crippen LogP contribution is 2.29. The van der Waals surface area contributed by atoms with Gasteiger partial charge in [-0.2, -0.15) is 0 Å². The van der Waals surface area contributed by atoms with Crippen molar-refractivity contribution in [2.24, 2.45) is 5.41 Å². The van der Waals surface area contributed by atoms with E-state index in [4.69, 9.17) is 38.4 Å². The Morgan fingerprint density at radius 1 is 0.880 bits per heavy atom. The van der Waals surface area contributed by atoms with E-state index in [0.29, 0.717) is 17.1 Å². The molecule has 0 bridgehead atoms. The van der Waals surface area contributed by atoms with Gasteiger partial charge in [-0.1, -0.05) is 44.2 Å². The van der Waals surface area contributed by atoms with Crippen LogP contribution in [0, 0.1) is 5.41 Å². The van der Waals surface area contributed by atoms with Crippen LogP contribution in [-0.4, -0.2) is 35.1 Å². The van der Waals surface area contributed by atoms with Crippen molar-refractivity contribution in [2.45, 2.75) is 20.8 Å². The van der Waals surface area contributed by atoms with Gasteiger partial charge in [0.15, 0.2) is 0 Å². The van der Waals surface area contributed by atoms with Crippen molar-refractivity contribution in [3.63, 3.8) is 0 Å². The molecule has 0 saturated heterocycles. The van der Waals surface area contributed by atoms with Crippen molar-refractivity contribution < 1.29 is 15.3 Å². The fourth-order valence-electron chi connectivity index (χ4n) is 1.91. The number of halogens is 1. The summed E-state index contributed by atoms with van der Waals surface area (Å²) in [6.07, 6.45) is 0.594. The molecule has 0 aliphatic carbocycles. The molecule has 0 heterocycles. The third-order valence-corrected chi connectivity index (χ3v) is 4.28. The zero-order chi connectivity index (χ0) is 18.2. The summed E-state index contributed by atoms with van der Waals surface area (Å²) < 4.78 is 0. The molecule has 0 fully saturated rings. The van der Waals surface area contributed by atoms with E-state index in [-0.39, 0.29) is 27.2 Å². The van der Waals surface area contributed by atoms with Gasteiger partial charge in [-0.05, 0) is 36.2 Å². The summed E-state index contributed by atoms with van der Waals surface area (Å²) in [5.41, 5.74) is 14.0. The second-order valence-electron chi connectivity index (χ2n) is 5.69. The smallest absolute Gasteiger partial charge is 0.0531 e. The normalized spacial score (nSPS) is 10.4. The molecule has 7 N–H and O–H groups in total. The van der Waals surface area contributed by atoms with Crippen LogP contribution >= 0.6 is 11.6 Å². The van der Waals surface area contributed by atoms with E-state index in [1.165, 1.54) is 0 Å². The lowest BCUT2D eigenvalue weighted by Crippen LogP contribution is -2.32. The van der Waals surface area contributed by atoms with E-state index in [2.05, 4.69) is 0 Å². The topological polar surface area (TPSA) is 113 Å². The summed E-state index contributed by atoms with van der Waals surface area (Å²) in [5, 5.41) is 26.6. The summed E-state index contributed by atoms with van der Waals surface area (Å²) in [4.78, 5) is 0. The first-order chi connectivity index (χ1) is 11.4. The van der Waals surface area contributed by atoms with Gasteiger partial charge in [-0.25, -0.2) is 0 Å². The third-order valence-electron chi connectivity index (χ3n) is 3.97. The molecule has 2 aromatic rings. The van der Waals surface area contributed by atoms with Crippen molar-refractivity contribution in [3.8, 4) is 11.1 Å². The summed E-state index contributed by atoms with van der Waals surface area (Å²) in [7, 11) is 0. The Bertz CT molecular complexity index is 612. The Balaban J connectivity index is 0.000000504. The Hall–Kier alpha value is -1.79. The van der Waals surface area contributed by atoms with Crippen molar-refractivity contribution in [1.29, 1.82) is 0 Å². The van der Waals surface area contributed by atoms with Crippen LogP contribution in [0.5, 0.6) is 0 Å². The van der Waals surface area contributed by atoms with E-state index in [0.717, 1.165) is 16.8 Å². The maximum absolute atomic E-state index is 8.66. The average molecular weight is 369 g/mol. The predicted octanol–water partition coefficient (Wildman–Crippen LogP) is 3.17. The minimum absolute atomic E-state index is 0. The van der Waals surface area contributed by atoms with Crippen LogP contribution < -0.4 is 11.5 Å². The van der Waals surface area contributed by atoms with E-state index in [1.54, 1.807) is 6.07 Å². The number of aliphatic hydroxyl groups is 3. The fraction of sp³-hybridized carbons (Fsp3) is 0.368. The lowest BCUT2D eigenvalue weighted by molar-refractivity contribution is 0.00304. The number of benzene rings is 2. The summed E-state index contributed by atoms with van der Waals surface area (Å²) in [6, 6.07) is 13.1. The average Bonchev–Trinajstić information content (AvgIpc) is 2.59. The number of rotatable bonds is 5. The number of nitrogen functional groups attached to an aromatic ring is 2. The molecule has 0 radical (unpaired) electrons. The molecule has 0 aliphatic rings. The molecule has 0 unspecified atom stereocenters. The second kappa shape index (κ2) is 10.9. The molecule has 0 aromatic heterocycles. The van der Waals surface area contributed by atoms with Crippen LogP contribution in [0.25, 0.3) is 11.1 Å². The Kier molecular flexibility index (Phi) is 10.2. The summed E-state index contributed by atoms with van der Waals surface area (Å²) >= 11 is 6.09. The molecule has 140 valence electrons. The molecular weight excluding hydrogens is 340 g/mol. The van der Waals surface area contributed by atoms with E-state index >= 15 is 0 Å². The van der Waals surface area contributed by atoms with Crippen LogP contribution in [-0.2, 0) is 0 Å². The van der Waals surface area contributed by atoms with Crippen LogP contribution in [0.4, 0.5) is 11.4 Å². The third kappa shape index (κ3) is 6.55. The molecular formula is C19H29ClN2O3. The molecule has 2 rings (SSSR count). The van der Waals surface area contributed by atoms with Crippen LogP contribution in [0.1, 0.15) is 20.8 Å². The largest absolute Gasteiger partial charge is 0.399 e. The molecule has 2 aromatic carbocycles. The van der Waals surface area contributed by atoms with E-state index in [1.807, 2.05) is 43.3 Å². The number of hydrogen-bond donors (Lipinski definition) is 5. The lowest BCUT2D eigenvalue weighted by atomic mass is 9.88. The highest BCUT2D eigenvalue weighted by atomic mass is 35.5. The number of anilines is 2. The first-order valence-corrected chi connectivity index (χ1v) is 8.02. The van der Waals surface area contributed by atoms with Gasteiger partial charge < -0.3 is 26.8 Å². The first kappa shape index (κ1) is 23.2. The Labute approximate surface area is 154 Å². The van der Waals surface area contributed by atoms with Gasteiger partial charge in [0.2, 0.25) is 0 Å². The zero-order valence-electron chi connectivity index (χ0n) is 13.7. The van der Waals surface area contributed by atoms with Gasteiger partial charge in [0, 0.05) is 22.4 Å². The van der Waals surface area contributed by atoms with Crippen molar-refractivity contribution in [1.82, 2.24) is 0 Å². The summed E-state index contributed by atoms with van der Waals surface area (Å²) in [5.74, 6) is 0. The molecule has 25 heavy (non-hydrogen) atoms. The predicted molar refractivity (Wildman–Crippen MR) is 106 cm³/mol. The zero-order valence-corrected chi connectivity index (χ0v) is 14.5. The van der Waals surface area contributed by atoms with Crippen LogP contribution in [0.3, 0.4) is 0 Å². The van der Waals surface area contributed by atoms with Gasteiger partial charge in [-0.15, -0.1) is 0 Å². The van der Waals surface area contributed by atoms with Crippen molar-refractivity contribution in [2.75, 3.05) is 31.3 Å². The number of aliphatic hydroxyl groups excluding tert-OH is 3. The minimum atomic E-state index is -0.667. The van der Waals surface area contributed by atoms with E-state index in [9.17, 15) is 0 Å². The SMILES string of the molecule is C.CCC(CO)(CO)CO.Nc1ccc(-c2ccc(N)cc2Cl)cc1. The Morgan fingerprint density at radius 2 is 1.36 bits per heavy atom. The van der Waals surface area contributed by atoms with Gasteiger partial charge >= 0.3 is 0 Å². The number of nitrogens with two attached hydrogens (primary N) is 2. The second-order valence-corrected chi connectivity index (χ2v) is 6.10. The first-order valence-electron chi connectivity index (χ1n) is 7.65. The quantitative estimate of drug-likeness (QED) is 0.520. The molecule has 5 nitrogen and oxygen atoms in total. The maximum Gasteiger partial charge on any atom is 0.0531 e. The highest BCUT2D eigenvalue weighted by molar-refractivity contribution is 6.33. The standard InChI is InChI=1S/C12H11ClN2.C6H14O3.CH4/c13-12-7-10(15)5-6-11(12)8-1-3-9(14)4-2-8;1-2-6(3-7,4-8)5-9;/h1-7H,14-15H2;7-9H,2-5H2,1H3;1H4. The monoisotopic (exact) mass is 368 g/mol. The summed E-state index contributed by atoms with van der Waals surface area (Å²) in [6.45, 7) is 1.35. The fourth-order valence-corrected chi connectivity index (χ4v) is 2.21. The molecule has 0 spiro atoms. The van der Waals surface area contributed by atoms with Crippen molar-refractivity contribution in [3.05, 3.63) is 47.5 Å². The van der Waals surface area contributed by atoms with Crippen molar-refractivity contribution >= 4 is 23.0 Å². The van der Waals surface area contributed by atoms with Gasteiger partial charge in [-0.3, -0.25) is 0 Å². The maximum atomic E-state index is 8.66. The lowest BCUT2D eigenvalue weighted by Gasteiger charge is -2.24. The molecule has 0 atom stereocenters. The molecule has 0 saturated carbocycles. The Morgan fingerprint density at radius 3 is 1.72 bits per heavy atom. The molecule has 0 aliphatic heterocycles. The highest BCUT2D eigenvalue weighted by Gasteiger charge is 2.24.